The molecule has 1 aliphatic heterocycles. The van der Waals surface area contributed by atoms with Crippen LogP contribution in [0, 0.1) is 0 Å². The maximum atomic E-state index is 5.87. The zero-order chi connectivity index (χ0) is 11.2. The highest BCUT2D eigenvalue weighted by atomic mass is 35.5. The van der Waals surface area contributed by atoms with Crippen molar-refractivity contribution in [2.75, 3.05) is 13.2 Å². The summed E-state index contributed by atoms with van der Waals surface area (Å²) in [5, 5.41) is 4.33. The Morgan fingerprint density at radius 2 is 2.00 bits per heavy atom. The quantitative estimate of drug-likeness (QED) is 0.787. The Bertz CT molecular complexity index is 390. The van der Waals surface area contributed by atoms with Crippen LogP contribution in [0.1, 0.15) is 24.4 Å². The molecule has 1 spiro atoms. The molecule has 1 aromatic heterocycles. The van der Waals surface area contributed by atoms with Gasteiger partial charge in [0.1, 0.15) is 10.3 Å². The van der Waals surface area contributed by atoms with Crippen molar-refractivity contribution in [1.29, 1.82) is 0 Å². The lowest BCUT2D eigenvalue weighted by Gasteiger charge is -2.30. The maximum absolute atomic E-state index is 5.87. The van der Waals surface area contributed by atoms with Crippen molar-refractivity contribution in [2.24, 2.45) is 0 Å². The predicted molar refractivity (Wildman–Crippen MR) is 62.9 cm³/mol. The third-order valence-corrected chi connectivity index (χ3v) is 3.61. The zero-order valence-corrected chi connectivity index (χ0v) is 10.2. The van der Waals surface area contributed by atoms with E-state index in [9.17, 15) is 0 Å². The maximum Gasteiger partial charge on any atom is 0.131 e. The number of rotatable bonds is 1. The fourth-order valence-electron chi connectivity index (χ4n) is 2.04. The second-order valence-corrected chi connectivity index (χ2v) is 5.25. The molecule has 1 unspecified atom stereocenters. The average Bonchev–Trinajstić information content (AvgIpc) is 2.97. The summed E-state index contributed by atoms with van der Waals surface area (Å²) in [4.78, 5) is 3.93. The first kappa shape index (κ1) is 10.8. The van der Waals surface area contributed by atoms with Crippen LogP contribution < -0.4 is 5.32 Å². The normalized spacial score (nSPS) is 27.0. The molecule has 3 nitrogen and oxygen atoms in total. The molecule has 0 amide bonds. The number of nitrogens with zero attached hydrogens (tertiary/aromatic N) is 1. The van der Waals surface area contributed by atoms with Gasteiger partial charge in [0.15, 0.2) is 0 Å². The first-order valence-corrected chi connectivity index (χ1v) is 6.13. The Kier molecular flexibility index (Phi) is 2.59. The average molecular weight is 259 g/mol. The van der Waals surface area contributed by atoms with E-state index in [1.165, 1.54) is 12.8 Å². The van der Waals surface area contributed by atoms with Gasteiger partial charge in [-0.05, 0) is 30.5 Å². The largest absolute Gasteiger partial charge is 0.372 e. The molecule has 16 heavy (non-hydrogen) atoms. The third-order valence-electron chi connectivity index (χ3n) is 3.22. The predicted octanol–water partition coefficient (Wildman–Crippen LogP) is 2.58. The van der Waals surface area contributed by atoms with E-state index in [0.29, 0.717) is 16.9 Å². The Morgan fingerprint density at radius 1 is 1.31 bits per heavy atom. The molecule has 1 aromatic rings. The summed E-state index contributed by atoms with van der Waals surface area (Å²) in [6.45, 7) is 1.59. The highest BCUT2D eigenvalue weighted by Gasteiger charge is 2.46. The molecule has 1 atom stereocenters. The Balaban J connectivity index is 1.77. The number of pyridine rings is 1. The summed E-state index contributed by atoms with van der Waals surface area (Å²) in [6.07, 6.45) is 2.34. The standard InChI is InChI=1S/C11H12Cl2N2O/c12-9-3-7(4-10(13)15-9)8-5-16-11(1-2-11)6-14-8/h3-4,8,14H,1-2,5-6H2. The molecule has 2 heterocycles. The van der Waals surface area contributed by atoms with E-state index in [4.69, 9.17) is 27.9 Å². The van der Waals surface area contributed by atoms with Gasteiger partial charge in [-0.3, -0.25) is 0 Å². The summed E-state index contributed by atoms with van der Waals surface area (Å²) in [6, 6.07) is 3.84. The fraction of sp³-hybridized carbons (Fsp3) is 0.545. The van der Waals surface area contributed by atoms with Crippen molar-refractivity contribution in [3.63, 3.8) is 0 Å². The van der Waals surface area contributed by atoms with E-state index in [2.05, 4.69) is 10.3 Å². The molecule has 2 fully saturated rings. The van der Waals surface area contributed by atoms with E-state index in [1.807, 2.05) is 12.1 Å². The van der Waals surface area contributed by atoms with Crippen LogP contribution in [0.4, 0.5) is 0 Å². The fourth-order valence-corrected chi connectivity index (χ4v) is 2.52. The zero-order valence-electron chi connectivity index (χ0n) is 8.67. The second-order valence-electron chi connectivity index (χ2n) is 4.47. The Labute approximate surface area is 104 Å². The minimum absolute atomic E-state index is 0.136. The molecule has 2 aliphatic rings. The molecular formula is C11H12Cl2N2O. The molecular weight excluding hydrogens is 247 g/mol. The van der Waals surface area contributed by atoms with E-state index < -0.39 is 0 Å². The molecule has 1 N–H and O–H groups in total. The topological polar surface area (TPSA) is 34.1 Å². The van der Waals surface area contributed by atoms with Gasteiger partial charge in [0.05, 0.1) is 18.2 Å². The molecule has 1 aliphatic carbocycles. The molecule has 86 valence electrons. The van der Waals surface area contributed by atoms with Crippen LogP contribution in [0.3, 0.4) is 0 Å². The van der Waals surface area contributed by atoms with Crippen LogP contribution >= 0.6 is 23.2 Å². The minimum Gasteiger partial charge on any atom is -0.372 e. The van der Waals surface area contributed by atoms with Gasteiger partial charge >= 0.3 is 0 Å². The summed E-state index contributed by atoms with van der Waals surface area (Å²) in [5.41, 5.74) is 1.18. The van der Waals surface area contributed by atoms with Crippen molar-refractivity contribution in [3.05, 3.63) is 28.0 Å². The third kappa shape index (κ3) is 2.05. The van der Waals surface area contributed by atoms with Gasteiger partial charge in [-0.15, -0.1) is 0 Å². The van der Waals surface area contributed by atoms with Crippen LogP contribution in [0.2, 0.25) is 10.3 Å². The van der Waals surface area contributed by atoms with Crippen LogP contribution in [0.15, 0.2) is 12.1 Å². The molecule has 1 saturated carbocycles. The monoisotopic (exact) mass is 258 g/mol. The number of morpholine rings is 1. The SMILES string of the molecule is Clc1cc(C2COC3(CC3)CN2)cc(Cl)n1. The van der Waals surface area contributed by atoms with Crippen molar-refractivity contribution >= 4 is 23.2 Å². The van der Waals surface area contributed by atoms with E-state index in [0.717, 1.165) is 12.1 Å². The number of aromatic nitrogens is 1. The summed E-state index contributed by atoms with van der Waals surface area (Å²) >= 11 is 11.7. The Morgan fingerprint density at radius 3 is 2.50 bits per heavy atom. The number of nitrogens with one attached hydrogen (secondary N) is 1. The Hall–Kier alpha value is -0.350. The molecule has 1 saturated heterocycles. The van der Waals surface area contributed by atoms with Crippen molar-refractivity contribution < 1.29 is 4.74 Å². The molecule has 0 bridgehead atoms. The van der Waals surface area contributed by atoms with Crippen LogP contribution in [-0.4, -0.2) is 23.7 Å². The van der Waals surface area contributed by atoms with Gasteiger partial charge in [0, 0.05) is 6.54 Å². The van der Waals surface area contributed by atoms with E-state index in [-0.39, 0.29) is 11.6 Å². The minimum atomic E-state index is 0.136. The highest BCUT2D eigenvalue weighted by molar-refractivity contribution is 6.32. The highest BCUT2D eigenvalue weighted by Crippen LogP contribution is 2.42. The van der Waals surface area contributed by atoms with Crippen molar-refractivity contribution in [2.45, 2.75) is 24.5 Å². The van der Waals surface area contributed by atoms with Crippen molar-refractivity contribution in [3.8, 4) is 0 Å². The van der Waals surface area contributed by atoms with Gasteiger partial charge < -0.3 is 10.1 Å². The van der Waals surface area contributed by atoms with Crippen LogP contribution in [0.5, 0.6) is 0 Å². The summed E-state index contributed by atoms with van der Waals surface area (Å²) < 4.78 is 5.85. The lowest BCUT2D eigenvalue weighted by Crippen LogP contribution is -2.42. The first-order valence-electron chi connectivity index (χ1n) is 5.37. The smallest absolute Gasteiger partial charge is 0.131 e. The molecule has 0 aromatic carbocycles. The lowest BCUT2D eigenvalue weighted by atomic mass is 10.1. The second kappa shape index (κ2) is 3.84. The lowest BCUT2D eigenvalue weighted by molar-refractivity contribution is -0.0150. The first-order chi connectivity index (χ1) is 7.67. The van der Waals surface area contributed by atoms with Crippen LogP contribution in [-0.2, 0) is 4.74 Å². The molecule has 0 radical (unpaired) electrons. The van der Waals surface area contributed by atoms with Crippen molar-refractivity contribution in [1.82, 2.24) is 10.3 Å². The van der Waals surface area contributed by atoms with E-state index >= 15 is 0 Å². The number of hydrogen-bond donors (Lipinski definition) is 1. The summed E-state index contributed by atoms with van der Waals surface area (Å²) in [7, 11) is 0. The number of hydrogen-bond acceptors (Lipinski definition) is 3. The molecule has 5 heteroatoms. The number of ether oxygens (including phenoxy) is 1. The van der Waals surface area contributed by atoms with Gasteiger partial charge in [0.2, 0.25) is 0 Å². The van der Waals surface area contributed by atoms with Crippen LogP contribution in [0.25, 0.3) is 0 Å². The number of halogens is 2. The molecule has 3 rings (SSSR count). The van der Waals surface area contributed by atoms with Gasteiger partial charge in [-0.1, -0.05) is 23.2 Å². The van der Waals surface area contributed by atoms with Gasteiger partial charge in [-0.25, -0.2) is 4.98 Å². The van der Waals surface area contributed by atoms with E-state index in [1.54, 1.807) is 0 Å². The van der Waals surface area contributed by atoms with Gasteiger partial charge in [-0.2, -0.15) is 0 Å². The summed E-state index contributed by atoms with van der Waals surface area (Å²) in [5.74, 6) is 0. The van der Waals surface area contributed by atoms with Gasteiger partial charge in [0.25, 0.3) is 0 Å².